The minimum Gasteiger partial charge on any atom is -0.349 e. The van der Waals surface area contributed by atoms with Crippen molar-refractivity contribution in [2.24, 2.45) is 0 Å². The average molecular weight is 450 g/mol. The predicted molar refractivity (Wildman–Crippen MR) is 126 cm³/mol. The fourth-order valence-electron chi connectivity index (χ4n) is 3.88. The van der Waals surface area contributed by atoms with Crippen molar-refractivity contribution in [2.45, 2.75) is 30.3 Å². The number of rotatable bonds is 7. The number of hydrogen-bond acceptors (Lipinski definition) is 4. The Hall–Kier alpha value is -3.16. The van der Waals surface area contributed by atoms with E-state index < -0.39 is 10.0 Å². The highest BCUT2D eigenvalue weighted by molar-refractivity contribution is 7.92. The van der Waals surface area contributed by atoms with Gasteiger partial charge in [0.2, 0.25) is 0 Å². The van der Waals surface area contributed by atoms with E-state index in [1.807, 2.05) is 6.07 Å². The number of benzene rings is 3. The summed E-state index contributed by atoms with van der Waals surface area (Å²) in [6, 6.07) is 25.2. The molecule has 0 saturated carbocycles. The van der Waals surface area contributed by atoms with Crippen LogP contribution in [0.15, 0.2) is 89.8 Å². The minimum atomic E-state index is -3.70. The van der Waals surface area contributed by atoms with Gasteiger partial charge in [0.15, 0.2) is 0 Å². The van der Waals surface area contributed by atoms with Gasteiger partial charge in [-0.1, -0.05) is 54.6 Å². The highest BCUT2D eigenvalue weighted by atomic mass is 32.2. The third kappa shape index (κ3) is 5.75. The van der Waals surface area contributed by atoms with Crippen molar-refractivity contribution in [1.29, 1.82) is 0 Å². The van der Waals surface area contributed by atoms with Gasteiger partial charge < -0.3 is 5.32 Å². The Morgan fingerprint density at radius 3 is 2.22 bits per heavy atom. The van der Waals surface area contributed by atoms with E-state index in [1.54, 1.807) is 42.5 Å². The number of amides is 1. The van der Waals surface area contributed by atoms with Gasteiger partial charge in [0.1, 0.15) is 0 Å². The van der Waals surface area contributed by atoms with Gasteiger partial charge in [-0.25, -0.2) is 8.42 Å². The molecule has 1 aliphatic heterocycles. The summed E-state index contributed by atoms with van der Waals surface area (Å²) in [6.45, 7) is 2.78. The van der Waals surface area contributed by atoms with Gasteiger partial charge in [-0.15, -0.1) is 0 Å². The van der Waals surface area contributed by atoms with Crippen LogP contribution in [0, 0.1) is 0 Å². The van der Waals surface area contributed by atoms with Crippen LogP contribution in [0.2, 0.25) is 0 Å². The number of anilines is 1. The first-order chi connectivity index (χ1) is 15.5. The first kappa shape index (κ1) is 22.0. The standard InChI is InChI=1S/C25H27N3O3S/c29-25(26-22-14-16-28(17-15-22)19-20-8-3-1-4-9-20)21-10-7-11-23(18-21)27-32(30,31)24-12-5-2-6-13-24/h1-13,18,22,27H,14-17,19H2,(H,26,29). The van der Waals surface area contributed by atoms with Crippen LogP contribution in [0.4, 0.5) is 5.69 Å². The van der Waals surface area contributed by atoms with Crippen LogP contribution in [-0.2, 0) is 16.6 Å². The molecule has 166 valence electrons. The molecule has 1 amide bonds. The monoisotopic (exact) mass is 449 g/mol. The van der Waals surface area contributed by atoms with Crippen LogP contribution in [0.25, 0.3) is 0 Å². The van der Waals surface area contributed by atoms with Crippen molar-refractivity contribution in [2.75, 3.05) is 17.8 Å². The van der Waals surface area contributed by atoms with Crippen molar-refractivity contribution >= 4 is 21.6 Å². The number of sulfonamides is 1. The van der Waals surface area contributed by atoms with E-state index in [2.05, 4.69) is 39.2 Å². The van der Waals surface area contributed by atoms with E-state index >= 15 is 0 Å². The molecule has 7 heteroatoms. The Morgan fingerprint density at radius 1 is 0.875 bits per heavy atom. The number of likely N-dealkylation sites (tertiary alicyclic amines) is 1. The lowest BCUT2D eigenvalue weighted by atomic mass is 10.0. The molecule has 0 unspecified atom stereocenters. The summed E-state index contributed by atoms with van der Waals surface area (Å²) in [5, 5.41) is 3.10. The molecule has 32 heavy (non-hydrogen) atoms. The number of nitrogens with one attached hydrogen (secondary N) is 2. The van der Waals surface area contributed by atoms with Gasteiger partial charge in [-0.05, 0) is 48.7 Å². The summed E-state index contributed by atoms with van der Waals surface area (Å²) in [7, 11) is -3.70. The Bertz CT molecular complexity index is 1140. The molecule has 4 rings (SSSR count). The van der Waals surface area contributed by atoms with Crippen LogP contribution in [0.1, 0.15) is 28.8 Å². The fourth-order valence-corrected chi connectivity index (χ4v) is 4.95. The molecule has 0 radical (unpaired) electrons. The summed E-state index contributed by atoms with van der Waals surface area (Å²) in [6.07, 6.45) is 1.78. The van der Waals surface area contributed by atoms with Gasteiger partial charge in [0.05, 0.1) is 4.90 Å². The number of carbonyl (C=O) groups is 1. The van der Waals surface area contributed by atoms with E-state index in [0.29, 0.717) is 11.3 Å². The van der Waals surface area contributed by atoms with Gasteiger partial charge in [0.25, 0.3) is 15.9 Å². The summed E-state index contributed by atoms with van der Waals surface area (Å²) in [4.78, 5) is 15.3. The molecule has 1 heterocycles. The van der Waals surface area contributed by atoms with Gasteiger partial charge >= 0.3 is 0 Å². The summed E-state index contributed by atoms with van der Waals surface area (Å²) < 4.78 is 27.6. The van der Waals surface area contributed by atoms with Crippen molar-refractivity contribution in [3.05, 3.63) is 96.1 Å². The summed E-state index contributed by atoms with van der Waals surface area (Å²) in [5.41, 5.74) is 2.09. The second-order valence-electron chi connectivity index (χ2n) is 8.01. The molecule has 1 saturated heterocycles. The topological polar surface area (TPSA) is 78.5 Å². The molecule has 0 aliphatic carbocycles. The number of hydrogen-bond donors (Lipinski definition) is 2. The van der Waals surface area contributed by atoms with Gasteiger partial charge in [0, 0.05) is 36.9 Å². The van der Waals surface area contributed by atoms with Crippen molar-refractivity contribution in [3.63, 3.8) is 0 Å². The molecule has 0 spiro atoms. The Labute approximate surface area is 189 Å². The molecule has 0 atom stereocenters. The maximum absolute atomic E-state index is 12.8. The smallest absolute Gasteiger partial charge is 0.261 e. The first-order valence-electron chi connectivity index (χ1n) is 10.7. The average Bonchev–Trinajstić information content (AvgIpc) is 2.81. The van der Waals surface area contributed by atoms with Gasteiger partial charge in [-0.2, -0.15) is 0 Å². The molecule has 1 aliphatic rings. The maximum Gasteiger partial charge on any atom is 0.261 e. The first-order valence-corrected chi connectivity index (χ1v) is 12.2. The lowest BCUT2D eigenvalue weighted by Crippen LogP contribution is -2.44. The van der Waals surface area contributed by atoms with E-state index in [4.69, 9.17) is 0 Å². The summed E-state index contributed by atoms with van der Waals surface area (Å²) in [5.74, 6) is -0.188. The van der Waals surface area contributed by atoms with Crippen molar-refractivity contribution in [1.82, 2.24) is 10.2 Å². The predicted octanol–water partition coefficient (Wildman–Crippen LogP) is 3.88. The molecular formula is C25H27N3O3S. The molecule has 6 nitrogen and oxygen atoms in total. The highest BCUT2D eigenvalue weighted by Gasteiger charge is 2.21. The number of piperidine rings is 1. The molecule has 1 fully saturated rings. The quantitative estimate of drug-likeness (QED) is 0.574. The third-order valence-electron chi connectivity index (χ3n) is 5.60. The van der Waals surface area contributed by atoms with Crippen LogP contribution >= 0.6 is 0 Å². The molecular weight excluding hydrogens is 422 g/mol. The fraction of sp³-hybridized carbons (Fsp3) is 0.240. The SMILES string of the molecule is O=C(NC1CCN(Cc2ccccc2)CC1)c1cccc(NS(=O)(=O)c2ccccc2)c1. The summed E-state index contributed by atoms with van der Waals surface area (Å²) >= 11 is 0. The van der Waals surface area contributed by atoms with Crippen LogP contribution in [0.3, 0.4) is 0 Å². The lowest BCUT2D eigenvalue weighted by molar-refractivity contribution is 0.0909. The van der Waals surface area contributed by atoms with Crippen LogP contribution in [0.5, 0.6) is 0 Å². The second-order valence-corrected chi connectivity index (χ2v) is 9.69. The van der Waals surface area contributed by atoms with Gasteiger partial charge in [-0.3, -0.25) is 14.4 Å². The molecule has 2 N–H and O–H groups in total. The molecule has 3 aromatic carbocycles. The highest BCUT2D eigenvalue weighted by Crippen LogP contribution is 2.18. The largest absolute Gasteiger partial charge is 0.349 e. The number of nitrogens with zero attached hydrogens (tertiary/aromatic N) is 1. The third-order valence-corrected chi connectivity index (χ3v) is 7.00. The zero-order chi connectivity index (χ0) is 22.4. The molecule has 0 bridgehead atoms. The van der Waals surface area contributed by atoms with Crippen molar-refractivity contribution < 1.29 is 13.2 Å². The Balaban J connectivity index is 1.32. The second kappa shape index (κ2) is 9.97. The van der Waals surface area contributed by atoms with E-state index in [-0.39, 0.29) is 16.8 Å². The maximum atomic E-state index is 12.8. The zero-order valence-corrected chi connectivity index (χ0v) is 18.6. The van der Waals surface area contributed by atoms with E-state index in [0.717, 1.165) is 32.5 Å². The minimum absolute atomic E-state index is 0.110. The van der Waals surface area contributed by atoms with E-state index in [1.165, 1.54) is 17.7 Å². The molecule has 0 aromatic heterocycles. The van der Waals surface area contributed by atoms with Crippen molar-refractivity contribution in [3.8, 4) is 0 Å². The van der Waals surface area contributed by atoms with E-state index in [9.17, 15) is 13.2 Å². The molecule has 3 aromatic rings. The zero-order valence-electron chi connectivity index (χ0n) is 17.8. The lowest BCUT2D eigenvalue weighted by Gasteiger charge is -2.32. The Kier molecular flexibility index (Phi) is 6.87. The normalized spacial score (nSPS) is 15.2. The van der Waals surface area contributed by atoms with Crippen LogP contribution < -0.4 is 10.0 Å². The van der Waals surface area contributed by atoms with Crippen LogP contribution in [-0.4, -0.2) is 38.4 Å². The Morgan fingerprint density at radius 2 is 1.53 bits per heavy atom. The number of carbonyl (C=O) groups excluding carboxylic acids is 1.